The molecule has 1 N–H and O–H groups in total. The molecule has 2 unspecified atom stereocenters. The second-order valence-corrected chi connectivity index (χ2v) is 8.87. The Kier molecular flexibility index (Phi) is 4.94. The summed E-state index contributed by atoms with van der Waals surface area (Å²) in [5.74, 6) is 1.71. The summed E-state index contributed by atoms with van der Waals surface area (Å²) in [5.41, 5.74) is 2.02. The number of nitrogens with zero attached hydrogens (tertiary/aromatic N) is 3. The minimum Gasteiger partial charge on any atom is -0.363 e. The van der Waals surface area contributed by atoms with Gasteiger partial charge in [-0.05, 0) is 25.8 Å². The fraction of sp³-hybridized carbons (Fsp3) is 0.444. The number of aryl methyl sites for hydroxylation is 1. The summed E-state index contributed by atoms with van der Waals surface area (Å²) in [5, 5.41) is 3.41. The number of anilines is 2. The van der Waals surface area contributed by atoms with Gasteiger partial charge in [0.2, 0.25) is 5.95 Å². The van der Waals surface area contributed by atoms with E-state index >= 15 is 0 Å². The number of hydrogen-bond acceptors (Lipinski definition) is 6. The third-order valence-corrected chi connectivity index (χ3v) is 6.33. The van der Waals surface area contributed by atoms with Crippen LogP contribution in [0.15, 0.2) is 36.4 Å². The van der Waals surface area contributed by atoms with E-state index in [9.17, 15) is 8.42 Å². The molecule has 1 aliphatic rings. The van der Waals surface area contributed by atoms with Gasteiger partial charge in [-0.3, -0.25) is 0 Å². The second kappa shape index (κ2) is 7.00. The lowest BCUT2D eigenvalue weighted by molar-refractivity contribution is 0.600. The van der Waals surface area contributed by atoms with E-state index in [0.717, 1.165) is 11.5 Å². The fourth-order valence-electron chi connectivity index (χ4n) is 3.08. The maximum absolute atomic E-state index is 11.7. The highest BCUT2D eigenvalue weighted by Gasteiger charge is 2.32. The Balaban J connectivity index is 1.78. The summed E-state index contributed by atoms with van der Waals surface area (Å²) in [6.07, 6.45) is 0.624. The molecule has 2 atom stereocenters. The molecular formula is C18H24N4O2S. The zero-order chi connectivity index (χ0) is 18.0. The van der Waals surface area contributed by atoms with Crippen LogP contribution in [0.3, 0.4) is 0 Å². The third kappa shape index (κ3) is 4.28. The van der Waals surface area contributed by atoms with E-state index in [1.54, 1.807) is 0 Å². The highest BCUT2D eigenvalue weighted by atomic mass is 32.2. The lowest BCUT2D eigenvalue weighted by Crippen LogP contribution is -2.34. The van der Waals surface area contributed by atoms with Gasteiger partial charge in [-0.15, -0.1) is 0 Å². The van der Waals surface area contributed by atoms with Crippen LogP contribution < -0.4 is 10.2 Å². The molecule has 1 fully saturated rings. The first-order valence-electron chi connectivity index (χ1n) is 8.44. The van der Waals surface area contributed by atoms with Gasteiger partial charge in [-0.25, -0.2) is 13.4 Å². The quantitative estimate of drug-likeness (QED) is 0.883. The van der Waals surface area contributed by atoms with Crippen molar-refractivity contribution in [2.75, 3.05) is 28.8 Å². The molecule has 25 heavy (non-hydrogen) atoms. The van der Waals surface area contributed by atoms with Crippen LogP contribution >= 0.6 is 0 Å². The molecule has 1 aliphatic heterocycles. The average molecular weight is 360 g/mol. The first kappa shape index (κ1) is 17.7. The third-order valence-electron chi connectivity index (χ3n) is 4.58. The van der Waals surface area contributed by atoms with Gasteiger partial charge in [-0.1, -0.05) is 30.3 Å². The van der Waals surface area contributed by atoms with E-state index in [4.69, 9.17) is 0 Å². The van der Waals surface area contributed by atoms with Crippen molar-refractivity contribution in [2.45, 2.75) is 32.4 Å². The molecule has 1 aromatic heterocycles. The summed E-state index contributed by atoms with van der Waals surface area (Å²) in [7, 11) is -1.07. The number of rotatable bonds is 5. The van der Waals surface area contributed by atoms with Gasteiger partial charge in [-0.2, -0.15) is 4.98 Å². The molecule has 1 aromatic carbocycles. The molecule has 1 saturated heterocycles. The van der Waals surface area contributed by atoms with E-state index in [1.165, 1.54) is 5.56 Å². The van der Waals surface area contributed by atoms with Crippen LogP contribution in [0.1, 0.15) is 30.6 Å². The van der Waals surface area contributed by atoms with Gasteiger partial charge in [0.1, 0.15) is 5.82 Å². The lowest BCUT2D eigenvalue weighted by Gasteiger charge is -2.24. The first-order chi connectivity index (χ1) is 11.8. The maximum Gasteiger partial charge on any atom is 0.227 e. The normalized spacial score (nSPS) is 20.2. The zero-order valence-electron chi connectivity index (χ0n) is 14.8. The summed E-state index contributed by atoms with van der Waals surface area (Å²) < 4.78 is 23.5. The molecule has 0 bridgehead atoms. The van der Waals surface area contributed by atoms with Crippen molar-refractivity contribution in [3.8, 4) is 0 Å². The van der Waals surface area contributed by atoms with Crippen LogP contribution in [0, 0.1) is 6.92 Å². The molecule has 0 amide bonds. The van der Waals surface area contributed by atoms with Crippen LogP contribution in [0.25, 0.3) is 0 Å². The van der Waals surface area contributed by atoms with Crippen molar-refractivity contribution in [2.24, 2.45) is 0 Å². The van der Waals surface area contributed by atoms with E-state index in [1.807, 2.05) is 43.1 Å². The monoisotopic (exact) mass is 360 g/mol. The fourth-order valence-corrected chi connectivity index (χ4v) is 4.85. The van der Waals surface area contributed by atoms with Crippen molar-refractivity contribution < 1.29 is 8.42 Å². The molecule has 2 aromatic rings. The Morgan fingerprint density at radius 3 is 2.60 bits per heavy atom. The molecule has 0 aliphatic carbocycles. The molecule has 2 heterocycles. The minimum absolute atomic E-state index is 0.0637. The van der Waals surface area contributed by atoms with Crippen LogP contribution in [-0.2, 0) is 9.84 Å². The Bertz CT molecular complexity index is 839. The van der Waals surface area contributed by atoms with Crippen molar-refractivity contribution in [1.29, 1.82) is 0 Å². The van der Waals surface area contributed by atoms with Gasteiger partial charge in [0.25, 0.3) is 0 Å². The van der Waals surface area contributed by atoms with E-state index in [2.05, 4.69) is 34.3 Å². The van der Waals surface area contributed by atoms with Crippen molar-refractivity contribution in [3.63, 3.8) is 0 Å². The smallest absolute Gasteiger partial charge is 0.227 e. The van der Waals surface area contributed by atoms with Crippen molar-refractivity contribution in [3.05, 3.63) is 47.7 Å². The summed E-state index contributed by atoms with van der Waals surface area (Å²) in [6.45, 7) is 4.00. The molecule has 6 nitrogen and oxygen atoms in total. The van der Waals surface area contributed by atoms with Crippen LogP contribution in [0.4, 0.5) is 11.8 Å². The Morgan fingerprint density at radius 1 is 1.24 bits per heavy atom. The van der Waals surface area contributed by atoms with Gasteiger partial charge in [0, 0.05) is 30.9 Å². The summed E-state index contributed by atoms with van der Waals surface area (Å²) in [4.78, 5) is 11.0. The van der Waals surface area contributed by atoms with Crippen molar-refractivity contribution in [1.82, 2.24) is 9.97 Å². The first-order valence-corrected chi connectivity index (χ1v) is 10.3. The Labute approximate surface area is 149 Å². The molecule has 7 heteroatoms. The molecular weight excluding hydrogens is 336 g/mol. The number of aromatic nitrogens is 2. The molecule has 0 spiro atoms. The van der Waals surface area contributed by atoms with Gasteiger partial charge in [0.05, 0.1) is 11.5 Å². The number of nitrogens with one attached hydrogen (secondary N) is 1. The van der Waals surface area contributed by atoms with Crippen molar-refractivity contribution >= 4 is 21.6 Å². The molecule has 3 rings (SSSR count). The molecule has 0 saturated carbocycles. The molecule has 0 radical (unpaired) electrons. The standard InChI is InChI=1S/C18H24N4O2S/c1-13-11-17(20-14(2)15-7-5-4-6-8-15)21-18(19-13)22(3)16-9-10-25(23,24)12-16/h4-8,11,14,16H,9-10,12H2,1-3H3,(H,19,20,21). The highest BCUT2D eigenvalue weighted by molar-refractivity contribution is 7.91. The molecule has 134 valence electrons. The van der Waals surface area contributed by atoms with E-state index < -0.39 is 9.84 Å². The predicted molar refractivity (Wildman–Crippen MR) is 101 cm³/mol. The van der Waals surface area contributed by atoms with Crippen LogP contribution in [0.2, 0.25) is 0 Å². The summed E-state index contributed by atoms with van der Waals surface area (Å²) in [6, 6.07) is 12.1. The number of hydrogen-bond donors (Lipinski definition) is 1. The van der Waals surface area contributed by atoms with Crippen LogP contribution in [0.5, 0.6) is 0 Å². The van der Waals surface area contributed by atoms with E-state index in [-0.39, 0.29) is 23.6 Å². The van der Waals surface area contributed by atoms with Gasteiger partial charge in [0.15, 0.2) is 9.84 Å². The highest BCUT2D eigenvalue weighted by Crippen LogP contribution is 2.23. The average Bonchev–Trinajstić information content (AvgIpc) is 2.94. The number of sulfone groups is 1. The predicted octanol–water partition coefficient (Wildman–Crippen LogP) is 2.58. The SMILES string of the molecule is Cc1cc(NC(C)c2ccccc2)nc(N(C)C2CCS(=O)(=O)C2)n1. The Hall–Kier alpha value is -2.15. The number of benzene rings is 1. The lowest BCUT2D eigenvalue weighted by atomic mass is 10.1. The van der Waals surface area contributed by atoms with Gasteiger partial charge < -0.3 is 10.2 Å². The van der Waals surface area contributed by atoms with E-state index in [0.29, 0.717) is 12.4 Å². The summed E-state index contributed by atoms with van der Waals surface area (Å²) >= 11 is 0. The van der Waals surface area contributed by atoms with Crippen LogP contribution in [-0.4, -0.2) is 43.0 Å². The maximum atomic E-state index is 11.7. The Morgan fingerprint density at radius 2 is 1.96 bits per heavy atom. The van der Waals surface area contributed by atoms with Gasteiger partial charge >= 0.3 is 0 Å². The topological polar surface area (TPSA) is 75.2 Å². The zero-order valence-corrected chi connectivity index (χ0v) is 15.6. The largest absolute Gasteiger partial charge is 0.363 e. The second-order valence-electron chi connectivity index (χ2n) is 6.64. The minimum atomic E-state index is -2.94.